The lowest BCUT2D eigenvalue weighted by Crippen LogP contribution is -2.61. The minimum absolute atomic E-state index is 0.0674. The maximum absolute atomic E-state index is 13.4. The van der Waals surface area contributed by atoms with Crippen molar-refractivity contribution >= 4 is 79.8 Å². The number of aromatic nitrogens is 2. The van der Waals surface area contributed by atoms with Crippen LogP contribution in [0.5, 0.6) is 0 Å². The van der Waals surface area contributed by atoms with Gasteiger partial charge in [-0.2, -0.15) is 0 Å². The second kappa shape index (κ2) is 15.8. The summed E-state index contributed by atoms with van der Waals surface area (Å²) in [5.74, 6) is -6.12. The zero-order chi connectivity index (χ0) is 35.1. The first-order chi connectivity index (χ1) is 22.7. The number of amides is 7. The largest absolute Gasteiger partial charge is 0.381 e. The summed E-state index contributed by atoms with van der Waals surface area (Å²) in [7, 11) is 1.58. The number of β-amino-alcohol motifs (C(OH)–C–C–N with tert-alkyl or cyclic N) is 1. The lowest BCUT2D eigenvalue weighted by molar-refractivity contribution is -0.136. The van der Waals surface area contributed by atoms with E-state index < -0.39 is 91.6 Å². The van der Waals surface area contributed by atoms with E-state index in [1.165, 1.54) is 16.8 Å². The van der Waals surface area contributed by atoms with Gasteiger partial charge in [-0.05, 0) is 30.3 Å². The third-order valence-corrected chi connectivity index (χ3v) is 7.95. The van der Waals surface area contributed by atoms with Crippen molar-refractivity contribution in [2.75, 3.05) is 19.6 Å². The van der Waals surface area contributed by atoms with Gasteiger partial charge >= 0.3 is 0 Å². The molecule has 10 N–H and O–H groups in total. The van der Waals surface area contributed by atoms with E-state index in [1.807, 2.05) is 18.2 Å². The van der Waals surface area contributed by atoms with Crippen molar-refractivity contribution in [1.29, 1.82) is 0 Å². The fourth-order valence-electron chi connectivity index (χ4n) is 4.85. The highest BCUT2D eigenvalue weighted by molar-refractivity contribution is 9.10. The maximum atomic E-state index is 13.4. The molecule has 0 saturated carbocycles. The summed E-state index contributed by atoms with van der Waals surface area (Å²) < 4.78 is 2.27. The Morgan fingerprint density at radius 2 is 1.69 bits per heavy atom. The molecule has 3 heterocycles. The molecular formula is C29H33BrClN9O8. The topological polar surface area (TPSA) is 259 Å². The lowest BCUT2D eigenvalue weighted by Gasteiger charge is -2.26. The third-order valence-electron chi connectivity index (χ3n) is 7.25. The molecule has 1 aliphatic heterocycles. The predicted octanol–water partition coefficient (Wildman–Crippen LogP) is -2.17. The second-order valence-electron chi connectivity index (χ2n) is 11.0. The van der Waals surface area contributed by atoms with E-state index in [-0.39, 0.29) is 12.1 Å². The van der Waals surface area contributed by atoms with Gasteiger partial charge in [0.1, 0.15) is 29.9 Å². The third kappa shape index (κ3) is 9.55. The fraction of sp³-hybridized carbons (Fsp3) is 0.345. The number of aromatic amines is 1. The van der Waals surface area contributed by atoms with E-state index in [4.69, 9.17) is 17.3 Å². The summed E-state index contributed by atoms with van der Waals surface area (Å²) in [5.41, 5.74) is 6.73. The fourth-order valence-corrected chi connectivity index (χ4v) is 5.48. The summed E-state index contributed by atoms with van der Waals surface area (Å²) in [6.07, 6.45) is -1.04. The van der Waals surface area contributed by atoms with E-state index in [2.05, 4.69) is 52.8 Å². The van der Waals surface area contributed by atoms with Crippen LogP contribution in [0.2, 0.25) is 5.02 Å². The van der Waals surface area contributed by atoms with E-state index in [0.29, 0.717) is 10.7 Å². The number of aliphatic hydroxyl groups is 1. The van der Waals surface area contributed by atoms with Crippen LogP contribution in [0.15, 0.2) is 41.0 Å². The monoisotopic (exact) mass is 749 g/mol. The number of benzene rings is 1. The number of carbonyl (C=O) groups is 7. The van der Waals surface area contributed by atoms with Crippen molar-refractivity contribution in [3.8, 4) is 0 Å². The Morgan fingerprint density at radius 1 is 1.00 bits per heavy atom. The van der Waals surface area contributed by atoms with E-state index in [9.17, 15) is 38.7 Å². The lowest BCUT2D eigenvalue weighted by atomic mass is 10.1. The van der Waals surface area contributed by atoms with Crippen LogP contribution >= 0.6 is 27.5 Å². The van der Waals surface area contributed by atoms with Gasteiger partial charge in [0.25, 0.3) is 11.8 Å². The number of nitrogens with one attached hydrogen (secondary N) is 7. The minimum atomic E-state index is -1.80. The molecule has 4 atom stereocenters. The first kappa shape index (κ1) is 35.9. The summed E-state index contributed by atoms with van der Waals surface area (Å²) in [5, 5.41) is 25.9. The number of primary amides is 1. The van der Waals surface area contributed by atoms with Gasteiger partial charge in [0, 0.05) is 47.3 Å². The Labute approximate surface area is 286 Å². The zero-order valence-electron chi connectivity index (χ0n) is 25.4. The molecule has 7 amide bonds. The summed E-state index contributed by atoms with van der Waals surface area (Å²) >= 11 is 9.32. The number of carbonyl (C=O) groups excluding carboxylic acids is 7. The molecule has 0 spiro atoms. The molecule has 256 valence electrons. The van der Waals surface area contributed by atoms with Crippen LogP contribution in [-0.2, 0) is 42.2 Å². The Bertz CT molecular complexity index is 1760. The zero-order valence-corrected chi connectivity index (χ0v) is 27.7. The molecule has 4 rings (SSSR count). The first-order valence-corrected chi connectivity index (χ1v) is 15.7. The molecule has 0 aliphatic carbocycles. The number of halogens is 2. The van der Waals surface area contributed by atoms with Crippen LogP contribution in [0, 0.1) is 0 Å². The van der Waals surface area contributed by atoms with Gasteiger partial charge in [-0.3, -0.25) is 33.6 Å². The summed E-state index contributed by atoms with van der Waals surface area (Å²) in [4.78, 5) is 92.7. The molecule has 3 aromatic rings. The SMILES string of the molecule is Cn1cc(Cl)cc1C(=O)NCC(=O)NC1CNC(=O)C(Cc2cc3cc(Br)ccc3[nH]2)NC(=O)C(O)CNC(=O)C(CC(N)=O)NC1=O. The molecule has 2 aromatic heterocycles. The van der Waals surface area contributed by atoms with Crippen LogP contribution in [0.1, 0.15) is 22.6 Å². The van der Waals surface area contributed by atoms with Crippen LogP contribution in [-0.4, -0.2) is 99.9 Å². The molecular weight excluding hydrogens is 718 g/mol. The molecule has 0 radical (unpaired) electrons. The quantitative estimate of drug-likeness (QED) is 0.122. The Morgan fingerprint density at radius 3 is 2.38 bits per heavy atom. The number of nitrogens with zero attached hydrogens (tertiary/aromatic N) is 1. The Kier molecular flexibility index (Phi) is 11.8. The van der Waals surface area contributed by atoms with Gasteiger partial charge in [-0.1, -0.05) is 27.5 Å². The molecule has 1 aliphatic rings. The standard InChI is InChI=1S/C29H33BrClN9O8/c1-40-12-15(31)6-21(40)28(47)35-11-24(43)37-20-9-33-25(44)18(7-16-5-13-4-14(30)2-3-17(13)36-16)39-29(48)22(41)10-34-26(45)19(8-23(32)42)38-27(20)46/h2-6,12,18-20,22,36,41H,7-11H2,1H3,(H2,32,42)(H,33,44)(H,34,45)(H,35,47)(H,37,43)(H,38,46)(H,39,48). The average Bonchev–Trinajstić information content (AvgIpc) is 3.59. The van der Waals surface area contributed by atoms with Crippen molar-refractivity contribution in [3.63, 3.8) is 0 Å². The summed E-state index contributed by atoms with van der Waals surface area (Å²) in [6, 6.07) is 4.29. The number of aryl methyl sites for hydroxylation is 1. The number of rotatable bonds is 8. The Hall–Kier alpha value is -4.94. The van der Waals surface area contributed by atoms with Gasteiger partial charge in [0.2, 0.25) is 29.5 Å². The number of hydrogen-bond acceptors (Lipinski definition) is 8. The molecule has 4 unspecified atom stereocenters. The van der Waals surface area contributed by atoms with Crippen LogP contribution in [0.3, 0.4) is 0 Å². The minimum Gasteiger partial charge on any atom is -0.381 e. The maximum Gasteiger partial charge on any atom is 0.268 e. The molecule has 1 saturated heterocycles. The molecule has 17 nitrogen and oxygen atoms in total. The number of hydrogen-bond donors (Lipinski definition) is 9. The highest BCUT2D eigenvalue weighted by Crippen LogP contribution is 2.21. The van der Waals surface area contributed by atoms with Gasteiger partial charge < -0.3 is 52.3 Å². The first-order valence-electron chi connectivity index (χ1n) is 14.5. The molecule has 1 aromatic carbocycles. The van der Waals surface area contributed by atoms with E-state index >= 15 is 0 Å². The Balaban J connectivity index is 1.55. The van der Waals surface area contributed by atoms with Gasteiger partial charge in [0.15, 0.2) is 0 Å². The molecule has 19 heteroatoms. The normalized spacial score (nSPS) is 20.9. The van der Waals surface area contributed by atoms with E-state index in [1.54, 1.807) is 13.1 Å². The number of H-pyrrole nitrogens is 1. The highest BCUT2D eigenvalue weighted by Gasteiger charge is 2.32. The second-order valence-corrected chi connectivity index (χ2v) is 12.3. The van der Waals surface area contributed by atoms with Gasteiger partial charge in [-0.25, -0.2) is 0 Å². The van der Waals surface area contributed by atoms with Crippen molar-refractivity contribution in [2.45, 2.75) is 37.1 Å². The average molecular weight is 751 g/mol. The van der Waals surface area contributed by atoms with Crippen LogP contribution in [0.4, 0.5) is 0 Å². The smallest absolute Gasteiger partial charge is 0.268 e. The van der Waals surface area contributed by atoms with Crippen LogP contribution < -0.4 is 37.6 Å². The van der Waals surface area contributed by atoms with Crippen molar-refractivity contribution in [3.05, 3.63) is 57.4 Å². The molecule has 48 heavy (non-hydrogen) atoms. The molecule has 0 bridgehead atoms. The summed E-state index contributed by atoms with van der Waals surface area (Å²) in [6.45, 7) is -1.76. The van der Waals surface area contributed by atoms with Crippen LogP contribution in [0.25, 0.3) is 10.9 Å². The van der Waals surface area contributed by atoms with Gasteiger partial charge in [-0.15, -0.1) is 0 Å². The number of fused-ring (bicyclic) bond motifs is 1. The van der Waals surface area contributed by atoms with Crippen molar-refractivity contribution in [1.82, 2.24) is 41.5 Å². The van der Waals surface area contributed by atoms with Crippen molar-refractivity contribution < 1.29 is 38.7 Å². The molecule has 1 fully saturated rings. The van der Waals surface area contributed by atoms with Crippen molar-refractivity contribution in [2.24, 2.45) is 12.8 Å². The highest BCUT2D eigenvalue weighted by atomic mass is 79.9. The van der Waals surface area contributed by atoms with E-state index in [0.717, 1.165) is 15.4 Å². The van der Waals surface area contributed by atoms with Gasteiger partial charge in [0.05, 0.1) is 24.5 Å². The number of nitrogens with two attached hydrogens (primary N) is 1. The predicted molar refractivity (Wildman–Crippen MR) is 174 cm³/mol. The number of aliphatic hydroxyl groups excluding tert-OH is 1.